The second-order valence-corrected chi connectivity index (χ2v) is 11.8. The topological polar surface area (TPSA) is 162 Å². The summed E-state index contributed by atoms with van der Waals surface area (Å²) in [6.45, 7) is 1.45. The second kappa shape index (κ2) is 9.41. The Morgan fingerprint density at radius 1 is 1.05 bits per heavy atom. The number of phenolic OH excluding ortho intramolecular Hbond substituents is 1. The van der Waals surface area contributed by atoms with Crippen LogP contribution in [0.25, 0.3) is 0 Å². The van der Waals surface area contributed by atoms with E-state index in [-0.39, 0.29) is 24.2 Å². The van der Waals surface area contributed by atoms with Crippen molar-refractivity contribution in [3.63, 3.8) is 0 Å². The largest absolute Gasteiger partial charge is 0.505 e. The Hall–Kier alpha value is -3.31. The number of phenols is 1. The molecule has 0 spiro atoms. The highest BCUT2D eigenvalue weighted by molar-refractivity contribution is 6.32. The lowest BCUT2D eigenvalue weighted by Gasteiger charge is -2.52. The lowest BCUT2D eigenvalue weighted by Crippen LogP contribution is -2.74. The van der Waals surface area contributed by atoms with Gasteiger partial charge >= 0.3 is 0 Å². The van der Waals surface area contributed by atoms with Gasteiger partial charge in [-0.1, -0.05) is 0 Å². The van der Waals surface area contributed by atoms with Crippen LogP contribution < -0.4 is 15.5 Å². The van der Waals surface area contributed by atoms with Crippen molar-refractivity contribution in [3.05, 3.63) is 17.2 Å². The van der Waals surface area contributed by atoms with Gasteiger partial charge in [-0.05, 0) is 63.7 Å². The van der Waals surface area contributed by atoms with Crippen LogP contribution in [0.15, 0.2) is 6.07 Å². The van der Waals surface area contributed by atoms with Gasteiger partial charge in [-0.25, -0.2) is 0 Å². The summed E-state index contributed by atoms with van der Waals surface area (Å²) >= 11 is 0. The average molecular weight is 541 g/mol. The summed E-state index contributed by atoms with van der Waals surface area (Å²) in [4.78, 5) is 72.3. The molecule has 39 heavy (non-hydrogen) atoms. The van der Waals surface area contributed by atoms with Crippen molar-refractivity contribution in [3.8, 4) is 5.75 Å². The number of benzene rings is 1. The molecule has 1 heterocycles. The number of nitrogens with two attached hydrogens (primary N) is 1. The van der Waals surface area contributed by atoms with Crippen molar-refractivity contribution in [1.29, 1.82) is 0 Å². The highest BCUT2D eigenvalue weighted by Crippen LogP contribution is 2.53. The maximum Gasteiger partial charge on any atom is 0.235 e. The Morgan fingerprint density at radius 2 is 1.69 bits per heavy atom. The smallest absolute Gasteiger partial charge is 0.235 e. The molecule has 0 radical (unpaired) electrons. The fourth-order valence-electron chi connectivity index (χ4n) is 7.41. The number of hydrogen-bond acceptors (Lipinski definition) is 10. The van der Waals surface area contributed by atoms with Gasteiger partial charge in [0.05, 0.1) is 23.2 Å². The monoisotopic (exact) mass is 540 g/mol. The Bertz CT molecular complexity index is 1280. The summed E-state index contributed by atoms with van der Waals surface area (Å²) < 4.78 is 0. The summed E-state index contributed by atoms with van der Waals surface area (Å²) in [5.41, 5.74) is 4.56. The minimum atomic E-state index is -2.72. The molecule has 4 N–H and O–H groups in total. The number of nitrogens with zero attached hydrogens (tertiary/aromatic N) is 3. The van der Waals surface area contributed by atoms with Crippen molar-refractivity contribution in [2.45, 2.75) is 43.7 Å². The molecule has 1 aliphatic heterocycles. The summed E-state index contributed by atoms with van der Waals surface area (Å²) in [7, 11) is 6.83. The molecule has 11 heteroatoms. The Morgan fingerprint density at radius 3 is 2.26 bits per heavy atom. The van der Waals surface area contributed by atoms with Gasteiger partial charge in [0.1, 0.15) is 5.75 Å². The molecule has 210 valence electrons. The van der Waals surface area contributed by atoms with Crippen LogP contribution in [0.5, 0.6) is 5.75 Å². The number of likely N-dealkylation sites (N-methyl/N-ethyl adjacent to an activating group) is 1. The molecule has 0 bridgehead atoms. The summed E-state index contributed by atoms with van der Waals surface area (Å²) in [5, 5.41) is 23.2. The van der Waals surface area contributed by atoms with Crippen molar-refractivity contribution in [2.75, 3.05) is 51.1 Å². The van der Waals surface area contributed by atoms with E-state index in [1.807, 2.05) is 30.0 Å². The van der Waals surface area contributed by atoms with Gasteiger partial charge < -0.3 is 25.7 Å². The van der Waals surface area contributed by atoms with E-state index >= 15 is 0 Å². The molecule has 1 saturated heterocycles. The first kappa shape index (κ1) is 27.3. The van der Waals surface area contributed by atoms with Crippen LogP contribution in [0, 0.1) is 23.7 Å². The Kier molecular flexibility index (Phi) is 6.58. The van der Waals surface area contributed by atoms with E-state index in [9.17, 15) is 34.2 Å². The molecule has 3 unspecified atom stereocenters. The fraction of sp³-hybridized carbons (Fsp3) is 0.607. The minimum Gasteiger partial charge on any atom is -0.505 e. The minimum absolute atomic E-state index is 0.0331. The van der Waals surface area contributed by atoms with Gasteiger partial charge in [-0.3, -0.25) is 28.9 Å². The first-order valence-corrected chi connectivity index (χ1v) is 13.5. The summed E-state index contributed by atoms with van der Waals surface area (Å²) in [6.07, 6.45) is 3.26. The molecule has 11 nitrogen and oxygen atoms in total. The quantitative estimate of drug-likeness (QED) is 0.441. The van der Waals surface area contributed by atoms with Crippen LogP contribution in [0.3, 0.4) is 0 Å². The molecule has 1 aromatic rings. The SMILES string of the molecule is CN(C)c1cc(N2CCCCC2)c(O)c2c1C[C@H]1C[C@H]3C(N(C)C)C(=O)C(C(N)=O)C(=O)[C@@]3(O)C(=O)C1C2=O. The van der Waals surface area contributed by atoms with Crippen LogP contribution >= 0.6 is 0 Å². The van der Waals surface area contributed by atoms with Crippen molar-refractivity contribution in [2.24, 2.45) is 29.4 Å². The van der Waals surface area contributed by atoms with E-state index in [2.05, 4.69) is 0 Å². The van der Waals surface area contributed by atoms with Crippen molar-refractivity contribution < 1.29 is 34.2 Å². The first-order chi connectivity index (χ1) is 18.3. The zero-order valence-electron chi connectivity index (χ0n) is 22.8. The number of aliphatic hydroxyl groups is 1. The fourth-order valence-corrected chi connectivity index (χ4v) is 7.41. The highest BCUT2D eigenvalue weighted by atomic mass is 16.3. The van der Waals surface area contributed by atoms with Gasteiger partial charge in [0.15, 0.2) is 34.7 Å². The number of amides is 1. The third-order valence-electron chi connectivity index (χ3n) is 9.20. The Balaban J connectivity index is 1.65. The molecule has 5 rings (SSSR count). The van der Waals surface area contributed by atoms with Gasteiger partial charge in [-0.15, -0.1) is 0 Å². The maximum atomic E-state index is 14.1. The number of rotatable bonds is 4. The number of ketones is 4. The summed E-state index contributed by atoms with van der Waals surface area (Å²) in [5.74, 6) is -10.3. The predicted octanol–water partition coefficient (Wildman–Crippen LogP) is -0.0767. The molecule has 3 fully saturated rings. The lowest BCUT2D eigenvalue weighted by molar-refractivity contribution is -0.181. The number of Topliss-reactive ketones (excluding diaryl/α,β-unsaturated/α-hetero) is 4. The van der Waals surface area contributed by atoms with E-state index in [0.717, 1.165) is 38.0 Å². The summed E-state index contributed by atoms with van der Waals surface area (Å²) in [6, 6.07) is 0.761. The molecule has 3 aliphatic carbocycles. The van der Waals surface area contributed by atoms with E-state index in [4.69, 9.17) is 5.73 Å². The van der Waals surface area contributed by atoms with Gasteiger partial charge in [0.25, 0.3) is 0 Å². The number of carbonyl (C=O) groups excluding carboxylic acids is 5. The zero-order valence-corrected chi connectivity index (χ0v) is 22.8. The molecule has 0 aromatic heterocycles. The van der Waals surface area contributed by atoms with E-state index in [1.165, 1.54) is 4.90 Å². The van der Waals surface area contributed by atoms with Crippen LogP contribution in [0.2, 0.25) is 0 Å². The van der Waals surface area contributed by atoms with Gasteiger partial charge in [0.2, 0.25) is 5.91 Å². The molecular weight excluding hydrogens is 504 g/mol. The molecule has 1 aromatic carbocycles. The van der Waals surface area contributed by atoms with Gasteiger partial charge in [0, 0.05) is 38.8 Å². The van der Waals surface area contributed by atoms with Crippen LogP contribution in [-0.2, 0) is 25.6 Å². The van der Waals surface area contributed by atoms with E-state index < -0.39 is 64.4 Å². The normalized spacial score (nSPS) is 32.6. The zero-order chi connectivity index (χ0) is 28.5. The number of primary amides is 1. The van der Waals surface area contributed by atoms with Crippen molar-refractivity contribution in [1.82, 2.24) is 4.90 Å². The molecule has 6 atom stereocenters. The van der Waals surface area contributed by atoms with Crippen LogP contribution in [0.1, 0.15) is 41.6 Å². The number of carbonyl (C=O) groups is 5. The lowest BCUT2D eigenvalue weighted by atomic mass is 9.52. The third kappa shape index (κ3) is 3.81. The van der Waals surface area contributed by atoms with Crippen LogP contribution in [0.4, 0.5) is 11.4 Å². The predicted molar refractivity (Wildman–Crippen MR) is 142 cm³/mol. The maximum absolute atomic E-state index is 14.1. The number of hydrogen-bond donors (Lipinski definition) is 3. The van der Waals surface area contributed by atoms with Crippen molar-refractivity contribution >= 4 is 40.4 Å². The van der Waals surface area contributed by atoms with Gasteiger partial charge in [-0.2, -0.15) is 0 Å². The van der Waals surface area contributed by atoms with E-state index in [0.29, 0.717) is 11.3 Å². The number of fused-ring (bicyclic) bond motifs is 3. The first-order valence-electron chi connectivity index (χ1n) is 13.5. The van der Waals surface area contributed by atoms with E-state index in [1.54, 1.807) is 14.1 Å². The molecule has 1 amide bonds. The average Bonchev–Trinajstić information content (AvgIpc) is 2.86. The molecule has 2 saturated carbocycles. The molecular formula is C28H36N4O7. The second-order valence-electron chi connectivity index (χ2n) is 11.8. The standard InChI is InChI=1S/C28H36N4O7/c1-30(2)16-12-17(32-8-6-5-7-9-32)22(33)19-14(16)10-13-11-15-21(31(3)4)24(35)20(27(29)38)26(37)28(15,39)25(36)18(13)23(19)34/h12-13,15,18,20-21,33,39H,5-11H2,1-4H3,(H2,29,38)/t13-,15-,18?,20?,21?,28-/m0/s1. The Labute approximate surface area is 226 Å². The number of anilines is 2. The highest BCUT2D eigenvalue weighted by Gasteiger charge is 2.69. The third-order valence-corrected chi connectivity index (χ3v) is 9.20. The molecule has 4 aliphatic rings. The number of piperidine rings is 1. The van der Waals surface area contributed by atoms with Crippen LogP contribution in [-0.4, -0.2) is 97.1 Å². The number of aromatic hydroxyl groups is 1.